The molecule has 0 radical (unpaired) electrons. The lowest BCUT2D eigenvalue weighted by atomic mass is 10.1. The number of carbonyl (C=O) groups is 1. The first-order chi connectivity index (χ1) is 8.84. The number of hydrogen-bond acceptors (Lipinski definition) is 5. The van der Waals surface area contributed by atoms with Gasteiger partial charge < -0.3 is 10.2 Å². The Labute approximate surface area is 106 Å². The van der Waals surface area contributed by atoms with Crippen LogP contribution in [0, 0.1) is 0 Å². The molecule has 0 spiro atoms. The van der Waals surface area contributed by atoms with Crippen molar-refractivity contribution in [3.8, 4) is 0 Å². The highest BCUT2D eigenvalue weighted by atomic mass is 16.2. The number of carbonyl (C=O) groups excluding carboxylic acids is 1. The van der Waals surface area contributed by atoms with Crippen LogP contribution in [0.25, 0.3) is 0 Å². The Bertz CT molecular complexity index is 424. The molecular weight excluding hydrogens is 230 g/mol. The maximum Gasteiger partial charge on any atom is 0.274 e. The van der Waals surface area contributed by atoms with E-state index in [1.165, 1.54) is 6.20 Å². The quantitative estimate of drug-likeness (QED) is 0.704. The number of amides is 1. The van der Waals surface area contributed by atoms with Crippen LogP contribution in [0.5, 0.6) is 0 Å². The number of rotatable bonds is 1. The van der Waals surface area contributed by atoms with E-state index in [2.05, 4.69) is 20.2 Å². The van der Waals surface area contributed by atoms with Crippen LogP contribution in [-0.2, 0) is 0 Å². The summed E-state index contributed by atoms with van der Waals surface area (Å²) in [6.07, 6.45) is 4.68. The standard InChI is InChI=1S/C12H17N5O/c18-12(11-8-13-1-2-15-11)17-6-5-16-4-3-14-7-10(16)9-17/h1-2,8,10,14H,3-7,9H2. The molecule has 2 aliphatic rings. The van der Waals surface area contributed by atoms with Crippen molar-refractivity contribution in [3.05, 3.63) is 24.3 Å². The first-order valence-corrected chi connectivity index (χ1v) is 6.34. The molecule has 2 fully saturated rings. The Hall–Kier alpha value is -1.53. The van der Waals surface area contributed by atoms with Crippen LogP contribution in [0.4, 0.5) is 0 Å². The lowest BCUT2D eigenvalue weighted by molar-refractivity contribution is 0.0411. The predicted octanol–water partition coefficient (Wildman–Crippen LogP) is -0.794. The van der Waals surface area contributed by atoms with Gasteiger partial charge in [0.2, 0.25) is 0 Å². The summed E-state index contributed by atoms with van der Waals surface area (Å²) in [5.74, 6) is -0.00618. The molecule has 0 aromatic carbocycles. The van der Waals surface area contributed by atoms with Gasteiger partial charge in [0, 0.05) is 57.7 Å². The smallest absolute Gasteiger partial charge is 0.274 e. The van der Waals surface area contributed by atoms with Gasteiger partial charge in [0.1, 0.15) is 5.69 Å². The topological polar surface area (TPSA) is 61.4 Å². The van der Waals surface area contributed by atoms with Gasteiger partial charge in [-0.25, -0.2) is 4.98 Å². The molecule has 2 saturated heterocycles. The highest BCUT2D eigenvalue weighted by Gasteiger charge is 2.31. The molecular formula is C12H17N5O. The van der Waals surface area contributed by atoms with Gasteiger partial charge in [-0.15, -0.1) is 0 Å². The second-order valence-corrected chi connectivity index (χ2v) is 4.74. The third-order valence-corrected chi connectivity index (χ3v) is 3.63. The summed E-state index contributed by atoms with van der Waals surface area (Å²) < 4.78 is 0. The van der Waals surface area contributed by atoms with Crippen molar-refractivity contribution in [3.63, 3.8) is 0 Å². The number of aromatic nitrogens is 2. The Kier molecular flexibility index (Phi) is 3.21. The van der Waals surface area contributed by atoms with Gasteiger partial charge in [-0.05, 0) is 0 Å². The Morgan fingerprint density at radius 1 is 1.33 bits per heavy atom. The van der Waals surface area contributed by atoms with Crippen LogP contribution in [0.2, 0.25) is 0 Å². The molecule has 6 nitrogen and oxygen atoms in total. The molecule has 1 N–H and O–H groups in total. The molecule has 3 rings (SSSR count). The van der Waals surface area contributed by atoms with E-state index in [0.29, 0.717) is 11.7 Å². The second-order valence-electron chi connectivity index (χ2n) is 4.74. The van der Waals surface area contributed by atoms with E-state index in [1.807, 2.05) is 4.90 Å². The molecule has 1 aromatic heterocycles. The zero-order valence-electron chi connectivity index (χ0n) is 10.2. The average Bonchev–Trinajstić information content (AvgIpc) is 2.47. The van der Waals surface area contributed by atoms with Gasteiger partial charge in [0.25, 0.3) is 5.91 Å². The highest BCUT2D eigenvalue weighted by molar-refractivity contribution is 5.92. The summed E-state index contributed by atoms with van der Waals surface area (Å²) in [4.78, 5) is 24.6. The van der Waals surface area contributed by atoms with Gasteiger partial charge in [-0.3, -0.25) is 14.7 Å². The van der Waals surface area contributed by atoms with E-state index >= 15 is 0 Å². The minimum absolute atomic E-state index is 0.00618. The number of nitrogens with one attached hydrogen (secondary N) is 1. The predicted molar refractivity (Wildman–Crippen MR) is 66.2 cm³/mol. The van der Waals surface area contributed by atoms with Crippen molar-refractivity contribution in [2.45, 2.75) is 6.04 Å². The fourth-order valence-electron chi connectivity index (χ4n) is 2.63. The van der Waals surface area contributed by atoms with Gasteiger partial charge in [0.15, 0.2) is 0 Å². The molecule has 0 saturated carbocycles. The third kappa shape index (κ3) is 2.21. The first-order valence-electron chi connectivity index (χ1n) is 6.34. The fourth-order valence-corrected chi connectivity index (χ4v) is 2.63. The van der Waals surface area contributed by atoms with Crippen LogP contribution >= 0.6 is 0 Å². The molecule has 1 atom stereocenters. The molecule has 96 valence electrons. The summed E-state index contributed by atoms with van der Waals surface area (Å²) in [5, 5.41) is 3.38. The highest BCUT2D eigenvalue weighted by Crippen LogP contribution is 2.13. The average molecular weight is 247 g/mol. The summed E-state index contributed by atoms with van der Waals surface area (Å²) >= 11 is 0. The van der Waals surface area contributed by atoms with Crippen LogP contribution in [0.1, 0.15) is 10.5 Å². The zero-order valence-corrected chi connectivity index (χ0v) is 10.2. The Morgan fingerprint density at radius 2 is 2.28 bits per heavy atom. The van der Waals surface area contributed by atoms with E-state index in [1.54, 1.807) is 12.4 Å². The summed E-state index contributed by atoms with van der Waals surface area (Å²) in [6.45, 7) is 5.61. The maximum atomic E-state index is 12.3. The fraction of sp³-hybridized carbons (Fsp3) is 0.583. The number of fused-ring (bicyclic) bond motifs is 1. The third-order valence-electron chi connectivity index (χ3n) is 3.63. The molecule has 1 unspecified atom stereocenters. The molecule has 2 aliphatic heterocycles. The SMILES string of the molecule is O=C(c1cnccn1)N1CCN2CCNCC2C1. The number of hydrogen-bond donors (Lipinski definition) is 1. The summed E-state index contributed by atoms with van der Waals surface area (Å²) in [6, 6.07) is 0.438. The van der Waals surface area contributed by atoms with E-state index in [-0.39, 0.29) is 5.91 Å². The molecule has 1 aromatic rings. The van der Waals surface area contributed by atoms with E-state index < -0.39 is 0 Å². The molecule has 0 aliphatic carbocycles. The van der Waals surface area contributed by atoms with E-state index in [9.17, 15) is 4.79 Å². The van der Waals surface area contributed by atoms with Crippen molar-refractivity contribution in [2.75, 3.05) is 39.3 Å². The van der Waals surface area contributed by atoms with Crippen molar-refractivity contribution < 1.29 is 4.79 Å². The summed E-state index contributed by atoms with van der Waals surface area (Å²) in [7, 11) is 0. The van der Waals surface area contributed by atoms with Gasteiger partial charge in [-0.1, -0.05) is 0 Å². The minimum atomic E-state index is -0.00618. The van der Waals surface area contributed by atoms with Crippen LogP contribution < -0.4 is 5.32 Å². The molecule has 0 bridgehead atoms. The normalized spacial score (nSPS) is 24.7. The molecule has 18 heavy (non-hydrogen) atoms. The Morgan fingerprint density at radius 3 is 3.11 bits per heavy atom. The van der Waals surface area contributed by atoms with Crippen molar-refractivity contribution in [1.82, 2.24) is 25.1 Å². The van der Waals surface area contributed by atoms with E-state index in [4.69, 9.17) is 0 Å². The van der Waals surface area contributed by atoms with Crippen molar-refractivity contribution in [1.29, 1.82) is 0 Å². The molecule has 1 amide bonds. The van der Waals surface area contributed by atoms with Gasteiger partial charge in [0.05, 0.1) is 6.20 Å². The Balaban J connectivity index is 1.69. The van der Waals surface area contributed by atoms with Crippen molar-refractivity contribution in [2.24, 2.45) is 0 Å². The molecule has 3 heterocycles. The van der Waals surface area contributed by atoms with Gasteiger partial charge in [-0.2, -0.15) is 0 Å². The largest absolute Gasteiger partial charge is 0.334 e. The second kappa shape index (κ2) is 4.99. The monoisotopic (exact) mass is 247 g/mol. The number of nitrogens with zero attached hydrogens (tertiary/aromatic N) is 4. The van der Waals surface area contributed by atoms with Crippen LogP contribution in [0.15, 0.2) is 18.6 Å². The minimum Gasteiger partial charge on any atom is -0.334 e. The summed E-state index contributed by atoms with van der Waals surface area (Å²) in [5.41, 5.74) is 0.440. The number of piperazine rings is 2. The molecule has 6 heteroatoms. The zero-order chi connectivity index (χ0) is 12.4. The lowest BCUT2D eigenvalue weighted by Crippen LogP contribution is -2.61. The van der Waals surface area contributed by atoms with Gasteiger partial charge >= 0.3 is 0 Å². The van der Waals surface area contributed by atoms with Crippen molar-refractivity contribution >= 4 is 5.91 Å². The van der Waals surface area contributed by atoms with Crippen LogP contribution in [0.3, 0.4) is 0 Å². The van der Waals surface area contributed by atoms with E-state index in [0.717, 1.165) is 39.3 Å². The first kappa shape index (κ1) is 11.6. The lowest BCUT2D eigenvalue weighted by Gasteiger charge is -2.44. The van der Waals surface area contributed by atoms with Crippen LogP contribution in [-0.4, -0.2) is 71.0 Å². The maximum absolute atomic E-state index is 12.3.